The smallest absolute Gasteiger partial charge is 0.339 e. The van der Waals surface area contributed by atoms with Gasteiger partial charge < -0.3 is 14.2 Å². The molecule has 9 heteroatoms. The van der Waals surface area contributed by atoms with E-state index in [1.165, 1.54) is 25.7 Å². The minimum atomic E-state index is -0.354. The zero-order valence-corrected chi connectivity index (χ0v) is 18.8. The van der Waals surface area contributed by atoms with Crippen molar-refractivity contribution in [2.45, 2.75) is 20.3 Å². The lowest BCUT2D eigenvalue weighted by molar-refractivity contribution is 0.0501. The second-order valence-electron chi connectivity index (χ2n) is 6.07. The molecule has 0 amide bonds. The van der Waals surface area contributed by atoms with Crippen molar-refractivity contribution >= 4 is 17.9 Å². The number of ether oxygens (including phenoxy) is 3. The molecule has 0 spiro atoms. The van der Waals surface area contributed by atoms with Crippen molar-refractivity contribution in [2.24, 2.45) is 0 Å². The molecule has 0 N–H and O–H groups in total. The number of rotatable bonds is 6. The van der Waals surface area contributed by atoms with Crippen molar-refractivity contribution in [3.8, 4) is 0 Å². The van der Waals surface area contributed by atoms with Crippen LogP contribution >= 0.6 is 0 Å². The number of methoxy groups -OCH3 is 1. The number of hydrogen-bond acceptors (Lipinski definition) is 9. The lowest BCUT2D eigenvalue weighted by Gasteiger charge is -2.00. The van der Waals surface area contributed by atoms with Gasteiger partial charge in [-0.15, -0.1) is 0 Å². The van der Waals surface area contributed by atoms with Crippen molar-refractivity contribution in [1.29, 1.82) is 0 Å². The summed E-state index contributed by atoms with van der Waals surface area (Å²) in [5.74, 6) is -0.973. The van der Waals surface area contributed by atoms with Crippen LogP contribution < -0.4 is 0 Å². The fraction of sp³-hybridized carbons (Fsp3) is 0.250. The SMILES string of the molecule is CCCOC(=O)c1cccnc1.CCOC(=O)c1cccnc1.COC(=O)c1cccnc1. The fourth-order valence-electron chi connectivity index (χ4n) is 2.06. The van der Waals surface area contributed by atoms with Crippen molar-refractivity contribution in [3.05, 3.63) is 90.3 Å². The maximum absolute atomic E-state index is 11.1. The first-order valence-corrected chi connectivity index (χ1v) is 10.2. The van der Waals surface area contributed by atoms with Crippen molar-refractivity contribution in [2.75, 3.05) is 20.3 Å². The van der Waals surface area contributed by atoms with Gasteiger partial charge in [-0.2, -0.15) is 0 Å². The third kappa shape index (κ3) is 11.2. The highest BCUT2D eigenvalue weighted by Gasteiger charge is 2.05. The molecule has 9 nitrogen and oxygen atoms in total. The number of esters is 3. The number of nitrogens with zero attached hydrogens (tertiary/aromatic N) is 3. The molecule has 0 aromatic carbocycles. The van der Waals surface area contributed by atoms with E-state index in [1.54, 1.807) is 61.9 Å². The van der Waals surface area contributed by atoms with E-state index < -0.39 is 0 Å². The van der Waals surface area contributed by atoms with E-state index >= 15 is 0 Å². The molecule has 0 radical (unpaired) electrons. The third-order valence-electron chi connectivity index (χ3n) is 3.59. The Morgan fingerprint density at radius 2 is 1.12 bits per heavy atom. The summed E-state index contributed by atoms with van der Waals surface area (Å²) in [6.07, 6.45) is 10.1. The van der Waals surface area contributed by atoms with Crippen LogP contribution in [0.25, 0.3) is 0 Å². The number of carbonyl (C=O) groups is 3. The number of carbonyl (C=O) groups excluding carboxylic acids is 3. The van der Waals surface area contributed by atoms with Crippen LogP contribution in [0.1, 0.15) is 51.3 Å². The van der Waals surface area contributed by atoms with Crippen molar-refractivity contribution in [3.63, 3.8) is 0 Å². The first kappa shape index (κ1) is 26.9. The lowest BCUT2D eigenvalue weighted by Crippen LogP contribution is -2.05. The molecule has 0 saturated heterocycles. The Morgan fingerprint density at radius 1 is 0.697 bits per heavy atom. The van der Waals surface area contributed by atoms with Crippen LogP contribution in [0, 0.1) is 0 Å². The topological polar surface area (TPSA) is 118 Å². The molecular formula is C24H27N3O6. The molecule has 174 valence electrons. The summed E-state index contributed by atoms with van der Waals surface area (Å²) in [5.41, 5.74) is 1.48. The van der Waals surface area contributed by atoms with Crippen LogP contribution in [0.15, 0.2) is 73.6 Å². The highest BCUT2D eigenvalue weighted by molar-refractivity contribution is 5.89. The largest absolute Gasteiger partial charge is 0.465 e. The molecule has 0 aliphatic rings. The molecular weight excluding hydrogens is 426 g/mol. The molecule has 0 aliphatic heterocycles. The predicted octanol–water partition coefficient (Wildman–Crippen LogP) is 3.77. The summed E-state index contributed by atoms with van der Waals surface area (Å²) in [5, 5.41) is 0. The van der Waals surface area contributed by atoms with E-state index in [2.05, 4.69) is 19.7 Å². The number of pyridine rings is 3. The first-order chi connectivity index (χ1) is 16.0. The van der Waals surface area contributed by atoms with Crippen molar-refractivity contribution < 1.29 is 28.6 Å². The Kier molecular flexibility index (Phi) is 13.5. The molecule has 0 fully saturated rings. The fourth-order valence-corrected chi connectivity index (χ4v) is 2.06. The van der Waals surface area contributed by atoms with Gasteiger partial charge in [0, 0.05) is 37.2 Å². The van der Waals surface area contributed by atoms with Gasteiger partial charge in [-0.3, -0.25) is 15.0 Å². The molecule has 0 atom stereocenters. The number of hydrogen-bond donors (Lipinski definition) is 0. The molecule has 0 saturated carbocycles. The Hall–Kier alpha value is -4.14. The highest BCUT2D eigenvalue weighted by Crippen LogP contribution is 1.99. The van der Waals surface area contributed by atoms with E-state index in [1.807, 2.05) is 6.92 Å². The van der Waals surface area contributed by atoms with Crippen LogP contribution in [0.5, 0.6) is 0 Å². The van der Waals surface area contributed by atoms with E-state index in [0.29, 0.717) is 29.9 Å². The average Bonchev–Trinajstić information content (AvgIpc) is 2.89. The van der Waals surface area contributed by atoms with Crippen molar-refractivity contribution in [1.82, 2.24) is 15.0 Å². The molecule has 3 heterocycles. The monoisotopic (exact) mass is 453 g/mol. The van der Waals surface area contributed by atoms with Gasteiger partial charge >= 0.3 is 17.9 Å². The summed E-state index contributed by atoms with van der Waals surface area (Å²) >= 11 is 0. The van der Waals surface area contributed by atoms with E-state index in [9.17, 15) is 14.4 Å². The molecule has 33 heavy (non-hydrogen) atoms. The summed E-state index contributed by atoms with van der Waals surface area (Å²) in [6.45, 7) is 4.59. The Morgan fingerprint density at radius 3 is 1.45 bits per heavy atom. The lowest BCUT2D eigenvalue weighted by atomic mass is 10.3. The summed E-state index contributed by atoms with van der Waals surface area (Å²) in [4.78, 5) is 44.2. The Balaban J connectivity index is 0.000000249. The standard InChI is InChI=1S/C9H11NO2.C8H9NO2.C7H7NO2/c1-2-6-12-9(11)8-4-3-5-10-7-8;1-2-11-8(10)7-4-3-5-9-6-7;1-10-7(9)6-3-2-4-8-5-6/h3-5,7H,2,6H2,1H3;3-6H,2H2,1H3;2-5H,1H3. The minimum Gasteiger partial charge on any atom is -0.465 e. The molecule has 0 aliphatic carbocycles. The summed E-state index contributed by atoms with van der Waals surface area (Å²) in [6, 6.07) is 10.1. The van der Waals surface area contributed by atoms with Crippen LogP contribution in [-0.4, -0.2) is 53.2 Å². The van der Waals surface area contributed by atoms with Gasteiger partial charge in [-0.1, -0.05) is 6.92 Å². The normalized spacial score (nSPS) is 9.18. The van der Waals surface area contributed by atoms with Gasteiger partial charge in [0.25, 0.3) is 0 Å². The van der Waals surface area contributed by atoms with Gasteiger partial charge in [-0.05, 0) is 49.7 Å². The zero-order chi connectivity index (χ0) is 24.3. The molecule has 3 rings (SSSR count). The summed E-state index contributed by atoms with van der Waals surface area (Å²) in [7, 11) is 1.34. The minimum absolute atomic E-state index is 0.301. The molecule has 0 bridgehead atoms. The van der Waals surface area contributed by atoms with E-state index in [4.69, 9.17) is 9.47 Å². The van der Waals surface area contributed by atoms with Crippen LogP contribution in [-0.2, 0) is 14.2 Å². The van der Waals surface area contributed by atoms with Crippen LogP contribution in [0.2, 0.25) is 0 Å². The first-order valence-electron chi connectivity index (χ1n) is 10.2. The molecule has 3 aromatic rings. The third-order valence-corrected chi connectivity index (χ3v) is 3.59. The van der Waals surface area contributed by atoms with E-state index in [0.717, 1.165) is 6.42 Å². The second-order valence-corrected chi connectivity index (χ2v) is 6.07. The Labute approximate surface area is 192 Å². The molecule has 0 unspecified atom stereocenters. The van der Waals surface area contributed by atoms with Gasteiger partial charge in [0.05, 0.1) is 37.0 Å². The van der Waals surface area contributed by atoms with Crippen LogP contribution in [0.4, 0.5) is 0 Å². The maximum atomic E-state index is 11.1. The van der Waals surface area contributed by atoms with Gasteiger partial charge in [0.1, 0.15) is 0 Å². The Bertz CT molecular complexity index is 954. The maximum Gasteiger partial charge on any atom is 0.339 e. The summed E-state index contributed by atoms with van der Waals surface area (Å²) < 4.78 is 14.1. The van der Waals surface area contributed by atoms with Gasteiger partial charge in [-0.25, -0.2) is 14.4 Å². The van der Waals surface area contributed by atoms with Gasteiger partial charge in [0.15, 0.2) is 0 Å². The van der Waals surface area contributed by atoms with E-state index in [-0.39, 0.29) is 17.9 Å². The average molecular weight is 453 g/mol. The van der Waals surface area contributed by atoms with Gasteiger partial charge in [0.2, 0.25) is 0 Å². The molecule has 3 aromatic heterocycles. The zero-order valence-electron chi connectivity index (χ0n) is 18.8. The quantitative estimate of drug-likeness (QED) is 0.406. The number of aromatic nitrogens is 3. The second kappa shape index (κ2) is 16.5. The highest BCUT2D eigenvalue weighted by atomic mass is 16.5. The van der Waals surface area contributed by atoms with Crippen LogP contribution in [0.3, 0.4) is 0 Å². The predicted molar refractivity (Wildman–Crippen MR) is 121 cm³/mol.